The fourth-order valence-electron chi connectivity index (χ4n) is 1.94. The molecular formula is C18H19NO5. The molecule has 0 aliphatic rings. The quantitative estimate of drug-likeness (QED) is 0.738. The minimum Gasteiger partial charge on any atom is -0.481 e. The summed E-state index contributed by atoms with van der Waals surface area (Å²) < 4.78 is 11.1. The summed E-state index contributed by atoms with van der Waals surface area (Å²) in [5.41, 5.74) is 0.877. The van der Waals surface area contributed by atoms with Gasteiger partial charge in [-0.05, 0) is 29.8 Å². The zero-order valence-corrected chi connectivity index (χ0v) is 13.1. The highest BCUT2D eigenvalue weighted by molar-refractivity contribution is 5.77. The summed E-state index contributed by atoms with van der Waals surface area (Å²) in [6.45, 7) is 0.236. The second-order valence-corrected chi connectivity index (χ2v) is 5.05. The molecule has 0 bridgehead atoms. The lowest BCUT2D eigenvalue weighted by Crippen LogP contribution is -2.29. The number of carboxylic acid groups (broad SMARTS) is 1. The minimum absolute atomic E-state index is 0.0952. The van der Waals surface area contributed by atoms with E-state index in [1.165, 1.54) is 0 Å². The first kappa shape index (κ1) is 17.5. The Balaban J connectivity index is 1.76. The number of hydrogen-bond acceptors (Lipinski definition) is 4. The molecule has 24 heavy (non-hydrogen) atoms. The van der Waals surface area contributed by atoms with Crippen molar-refractivity contribution in [1.29, 1.82) is 0 Å². The molecule has 0 fully saturated rings. The van der Waals surface area contributed by atoms with Gasteiger partial charge in [0.05, 0.1) is 13.0 Å². The minimum atomic E-state index is -0.952. The number of amides is 1. The Labute approximate surface area is 140 Å². The molecule has 2 aromatic carbocycles. The Morgan fingerprint density at radius 1 is 1.00 bits per heavy atom. The normalized spacial score (nSPS) is 10.2. The first-order valence-electron chi connectivity index (χ1n) is 7.51. The molecule has 0 saturated carbocycles. The largest absolute Gasteiger partial charge is 0.481 e. The molecule has 0 aromatic heterocycles. The van der Waals surface area contributed by atoms with Gasteiger partial charge >= 0.3 is 5.97 Å². The van der Waals surface area contributed by atoms with Gasteiger partial charge in [-0.25, -0.2) is 0 Å². The van der Waals surface area contributed by atoms with Crippen molar-refractivity contribution >= 4 is 11.9 Å². The smallest absolute Gasteiger partial charge is 0.305 e. The van der Waals surface area contributed by atoms with E-state index in [1.54, 1.807) is 0 Å². The van der Waals surface area contributed by atoms with Crippen molar-refractivity contribution in [2.24, 2.45) is 0 Å². The van der Waals surface area contributed by atoms with Crippen LogP contribution in [-0.4, -0.2) is 30.1 Å². The molecule has 0 aliphatic heterocycles. The van der Waals surface area contributed by atoms with Crippen LogP contribution in [0.3, 0.4) is 0 Å². The molecule has 6 nitrogen and oxygen atoms in total. The van der Waals surface area contributed by atoms with E-state index in [0.29, 0.717) is 5.75 Å². The SMILES string of the molecule is O=C(O)CCNC(=O)COCc1cccc(Oc2ccccc2)c1. The van der Waals surface area contributed by atoms with Gasteiger partial charge in [0, 0.05) is 6.54 Å². The standard InChI is InChI=1S/C18H19NO5/c20-17(19-10-9-18(21)22)13-23-12-14-5-4-8-16(11-14)24-15-6-2-1-3-7-15/h1-8,11H,9-10,12-13H2,(H,19,20)(H,21,22). The fraction of sp³-hybridized carbons (Fsp3) is 0.222. The number of carbonyl (C=O) groups is 2. The van der Waals surface area contributed by atoms with Crippen LogP contribution in [0.5, 0.6) is 11.5 Å². The van der Waals surface area contributed by atoms with Gasteiger partial charge in [0.1, 0.15) is 18.1 Å². The van der Waals surface area contributed by atoms with E-state index in [-0.39, 0.29) is 32.1 Å². The number of carbonyl (C=O) groups excluding carboxylic acids is 1. The Kier molecular flexibility index (Phi) is 6.79. The van der Waals surface area contributed by atoms with E-state index in [1.807, 2.05) is 54.6 Å². The second kappa shape index (κ2) is 9.32. The summed E-state index contributed by atoms with van der Waals surface area (Å²) >= 11 is 0. The van der Waals surface area contributed by atoms with Crippen molar-refractivity contribution in [2.75, 3.05) is 13.2 Å². The van der Waals surface area contributed by atoms with Crippen LogP contribution in [0.4, 0.5) is 0 Å². The lowest BCUT2D eigenvalue weighted by Gasteiger charge is -2.08. The van der Waals surface area contributed by atoms with Crippen molar-refractivity contribution in [1.82, 2.24) is 5.32 Å². The number of carboxylic acids is 1. The van der Waals surface area contributed by atoms with Gasteiger partial charge in [-0.3, -0.25) is 9.59 Å². The van der Waals surface area contributed by atoms with E-state index in [2.05, 4.69) is 5.32 Å². The van der Waals surface area contributed by atoms with Crippen molar-refractivity contribution in [3.63, 3.8) is 0 Å². The molecule has 1 amide bonds. The Bertz CT molecular complexity index is 672. The number of benzene rings is 2. The maximum atomic E-state index is 11.5. The second-order valence-electron chi connectivity index (χ2n) is 5.05. The van der Waals surface area contributed by atoms with Crippen LogP contribution in [0.25, 0.3) is 0 Å². The van der Waals surface area contributed by atoms with Crippen molar-refractivity contribution in [3.8, 4) is 11.5 Å². The molecule has 2 N–H and O–H groups in total. The first-order chi connectivity index (χ1) is 11.6. The molecule has 0 atom stereocenters. The average Bonchev–Trinajstić information content (AvgIpc) is 2.56. The van der Waals surface area contributed by atoms with Crippen LogP contribution in [0, 0.1) is 0 Å². The third-order valence-corrected chi connectivity index (χ3v) is 3.04. The maximum absolute atomic E-state index is 11.5. The molecule has 0 aliphatic carbocycles. The monoisotopic (exact) mass is 329 g/mol. The van der Waals surface area contributed by atoms with Crippen molar-refractivity contribution < 1.29 is 24.2 Å². The van der Waals surface area contributed by atoms with E-state index < -0.39 is 5.97 Å². The summed E-state index contributed by atoms with van der Waals surface area (Å²) in [6.07, 6.45) is -0.107. The van der Waals surface area contributed by atoms with Crippen LogP contribution in [0.1, 0.15) is 12.0 Å². The van der Waals surface area contributed by atoms with Gasteiger partial charge in [-0.2, -0.15) is 0 Å². The van der Waals surface area contributed by atoms with E-state index >= 15 is 0 Å². The Hall–Kier alpha value is -2.86. The number of para-hydroxylation sites is 1. The van der Waals surface area contributed by atoms with E-state index in [4.69, 9.17) is 14.6 Å². The highest BCUT2D eigenvalue weighted by atomic mass is 16.5. The number of aliphatic carboxylic acids is 1. The maximum Gasteiger partial charge on any atom is 0.305 e. The number of nitrogens with one attached hydrogen (secondary N) is 1. The predicted molar refractivity (Wildman–Crippen MR) is 87.9 cm³/mol. The summed E-state index contributed by atoms with van der Waals surface area (Å²) in [5.74, 6) is 0.140. The predicted octanol–water partition coefficient (Wildman–Crippen LogP) is 2.59. The molecule has 6 heteroatoms. The first-order valence-corrected chi connectivity index (χ1v) is 7.51. The molecule has 0 spiro atoms. The number of hydrogen-bond donors (Lipinski definition) is 2. The lowest BCUT2D eigenvalue weighted by molar-refractivity contribution is -0.137. The molecule has 0 unspecified atom stereocenters. The molecule has 0 saturated heterocycles. The van der Waals surface area contributed by atoms with Gasteiger partial charge in [0.15, 0.2) is 0 Å². The van der Waals surface area contributed by atoms with E-state index in [0.717, 1.165) is 11.3 Å². The highest BCUT2D eigenvalue weighted by Crippen LogP contribution is 2.21. The summed E-state index contributed by atoms with van der Waals surface area (Å²) in [4.78, 5) is 21.8. The third-order valence-electron chi connectivity index (χ3n) is 3.04. The molecule has 0 radical (unpaired) electrons. The average molecular weight is 329 g/mol. The Morgan fingerprint density at radius 2 is 1.75 bits per heavy atom. The molecule has 0 heterocycles. The zero-order valence-electron chi connectivity index (χ0n) is 13.1. The van der Waals surface area contributed by atoms with Gasteiger partial charge < -0.3 is 19.9 Å². The molecular weight excluding hydrogens is 310 g/mol. The number of rotatable bonds is 9. The lowest BCUT2D eigenvalue weighted by atomic mass is 10.2. The van der Waals surface area contributed by atoms with Gasteiger partial charge in [0.25, 0.3) is 0 Å². The van der Waals surface area contributed by atoms with Crippen LogP contribution in [-0.2, 0) is 20.9 Å². The summed E-state index contributed by atoms with van der Waals surface area (Å²) in [5, 5.41) is 11.0. The fourth-order valence-corrected chi connectivity index (χ4v) is 1.94. The van der Waals surface area contributed by atoms with Crippen molar-refractivity contribution in [3.05, 3.63) is 60.2 Å². The number of ether oxygens (including phenoxy) is 2. The Morgan fingerprint density at radius 3 is 2.50 bits per heavy atom. The van der Waals surface area contributed by atoms with Crippen LogP contribution in [0.2, 0.25) is 0 Å². The molecule has 2 aromatic rings. The van der Waals surface area contributed by atoms with Gasteiger partial charge in [0.2, 0.25) is 5.91 Å². The zero-order chi connectivity index (χ0) is 17.2. The van der Waals surface area contributed by atoms with Crippen LogP contribution < -0.4 is 10.1 Å². The summed E-state index contributed by atoms with van der Waals surface area (Å²) in [6, 6.07) is 16.8. The van der Waals surface area contributed by atoms with Gasteiger partial charge in [-0.1, -0.05) is 30.3 Å². The van der Waals surface area contributed by atoms with Crippen molar-refractivity contribution in [2.45, 2.75) is 13.0 Å². The molecule has 2 rings (SSSR count). The highest BCUT2D eigenvalue weighted by Gasteiger charge is 2.04. The van der Waals surface area contributed by atoms with E-state index in [9.17, 15) is 9.59 Å². The van der Waals surface area contributed by atoms with Gasteiger partial charge in [-0.15, -0.1) is 0 Å². The summed E-state index contributed by atoms with van der Waals surface area (Å²) in [7, 11) is 0. The topological polar surface area (TPSA) is 84.9 Å². The van der Waals surface area contributed by atoms with Crippen LogP contribution >= 0.6 is 0 Å². The third kappa shape index (κ3) is 6.50. The van der Waals surface area contributed by atoms with Crippen LogP contribution in [0.15, 0.2) is 54.6 Å². The molecule has 126 valence electrons.